The van der Waals surface area contributed by atoms with Crippen molar-refractivity contribution in [2.24, 2.45) is 14.1 Å². The molecule has 0 N–H and O–H groups in total. The molecule has 7 aromatic carbocycles. The number of aromatic nitrogens is 6. The summed E-state index contributed by atoms with van der Waals surface area (Å²) in [6.45, 7) is 6.75. The van der Waals surface area contributed by atoms with Gasteiger partial charge in [-0.2, -0.15) is 18.2 Å². The smallest absolute Gasteiger partial charge is 0.268 e. The summed E-state index contributed by atoms with van der Waals surface area (Å²) in [5, 5.41) is 7.06. The maximum atomic E-state index is 6.75. The molecule has 0 saturated carbocycles. The molecule has 0 amide bonds. The number of para-hydroxylation sites is 5. The van der Waals surface area contributed by atoms with E-state index in [2.05, 4.69) is 175 Å². The van der Waals surface area contributed by atoms with Gasteiger partial charge in [0.1, 0.15) is 5.82 Å². The van der Waals surface area contributed by atoms with Crippen molar-refractivity contribution in [3.05, 3.63) is 176 Å². The van der Waals surface area contributed by atoms with E-state index in [1.54, 1.807) is 0 Å². The van der Waals surface area contributed by atoms with E-state index in [1.165, 1.54) is 54.6 Å². The molecule has 0 unspecified atom stereocenters. The second kappa shape index (κ2) is 14.0. The molecule has 62 heavy (non-hydrogen) atoms. The molecule has 8 heteroatoms. The maximum absolute atomic E-state index is 6.75. The van der Waals surface area contributed by atoms with Crippen molar-refractivity contribution in [2.75, 3.05) is 0 Å². The number of ether oxygens (including phenoxy) is 1. The first kappa shape index (κ1) is 38.0. The van der Waals surface area contributed by atoms with Crippen LogP contribution in [0, 0.1) is 18.5 Å². The molecule has 0 aliphatic heterocycles. The van der Waals surface area contributed by atoms with Crippen LogP contribution in [0.4, 0.5) is 0 Å². The standard InChI is InChI=1S/C54H40N6O.Pt/c1-54(2,3)34-28-29-55-47(30-34)60-46-32-38(61-37-19-15-18-36(31-37)59-33-58(35-16-7-6-8-17-35)44-24-13-14-25-45(44)59)26-27-41(46)48-49-39-20-9-11-22-42(39)56(4)52(49)53-50(51(48)60)40-21-10-12-23-43(40)57(53)5;/h6-30H,1-5H3;/q-2;. The van der Waals surface area contributed by atoms with E-state index in [1.807, 2.05) is 53.2 Å². The average molecular weight is 984 g/mol. The van der Waals surface area contributed by atoms with Crippen molar-refractivity contribution in [2.45, 2.75) is 26.2 Å². The van der Waals surface area contributed by atoms with E-state index in [0.29, 0.717) is 11.5 Å². The predicted octanol–water partition coefficient (Wildman–Crippen LogP) is 12.2. The van der Waals surface area contributed by atoms with Gasteiger partial charge in [-0.25, -0.2) is 4.98 Å². The summed E-state index contributed by atoms with van der Waals surface area (Å²) in [7, 11) is 4.39. The topological polar surface area (TPSA) is 45.7 Å². The van der Waals surface area contributed by atoms with Gasteiger partial charge in [-0.05, 0) is 58.5 Å². The third kappa shape index (κ3) is 5.54. The molecule has 0 aliphatic carbocycles. The third-order valence-corrected chi connectivity index (χ3v) is 12.4. The van der Waals surface area contributed by atoms with E-state index in [9.17, 15) is 0 Å². The van der Waals surface area contributed by atoms with Gasteiger partial charge in [0.25, 0.3) is 6.33 Å². The summed E-state index contributed by atoms with van der Waals surface area (Å²) in [5.74, 6) is 2.00. The van der Waals surface area contributed by atoms with Crippen molar-refractivity contribution in [3.63, 3.8) is 0 Å². The summed E-state index contributed by atoms with van der Waals surface area (Å²) in [6.07, 6.45) is 5.52. The Kier molecular flexibility index (Phi) is 8.61. The summed E-state index contributed by atoms with van der Waals surface area (Å²) in [4.78, 5) is 5.12. The van der Waals surface area contributed by atoms with Crippen LogP contribution < -0.4 is 9.30 Å². The number of fused-ring (bicyclic) bond motifs is 13. The normalized spacial score (nSPS) is 12.1. The zero-order chi connectivity index (χ0) is 41.1. The van der Waals surface area contributed by atoms with Crippen LogP contribution in [0.25, 0.3) is 93.6 Å². The number of pyridine rings is 1. The minimum absolute atomic E-state index is 0. The SMILES string of the molecule is Cn1c2ccccc2c2c3c4ccc(Oc5[c-]c(-[n+]6[c-]n(-c7ccccc7)c7ccccc76)ccc5)[c-]c4n(-c4cc(C(C)(C)C)ccn4)c3c3c4ccccc4n(C)c3c21.[Pt]. The third-order valence-electron chi connectivity index (χ3n) is 12.4. The molecule has 0 fully saturated rings. The van der Waals surface area contributed by atoms with Crippen LogP contribution in [0.3, 0.4) is 0 Å². The number of nitrogens with zero attached hydrogens (tertiary/aromatic N) is 6. The fraction of sp³-hybridized carbons (Fsp3) is 0.111. The Bertz CT molecular complexity index is 3750. The zero-order valence-electron chi connectivity index (χ0n) is 34.8. The molecular weight excluding hydrogens is 944 g/mol. The first-order valence-electron chi connectivity index (χ1n) is 20.7. The van der Waals surface area contributed by atoms with Crippen LogP contribution in [0.1, 0.15) is 26.3 Å². The molecule has 0 radical (unpaired) electrons. The minimum atomic E-state index is -0.0875. The fourth-order valence-corrected chi connectivity index (χ4v) is 9.56. The first-order valence-corrected chi connectivity index (χ1v) is 20.7. The predicted molar refractivity (Wildman–Crippen MR) is 247 cm³/mol. The van der Waals surface area contributed by atoms with Gasteiger partial charge in [0, 0.05) is 85.4 Å². The Balaban J connectivity index is 0.00000432. The molecule has 0 spiro atoms. The van der Waals surface area contributed by atoms with Crippen molar-refractivity contribution in [1.29, 1.82) is 0 Å². The Morgan fingerprint density at radius 3 is 1.95 bits per heavy atom. The Labute approximate surface area is 372 Å². The van der Waals surface area contributed by atoms with E-state index < -0.39 is 0 Å². The second-order valence-electron chi connectivity index (χ2n) is 17.0. The van der Waals surface area contributed by atoms with Crippen molar-refractivity contribution < 1.29 is 30.4 Å². The molecule has 12 aromatic rings. The van der Waals surface area contributed by atoms with Gasteiger partial charge < -0.3 is 23.0 Å². The van der Waals surface area contributed by atoms with Gasteiger partial charge >= 0.3 is 0 Å². The van der Waals surface area contributed by atoms with E-state index in [-0.39, 0.29) is 26.5 Å². The Morgan fingerprint density at radius 1 is 0.581 bits per heavy atom. The number of hydrogen-bond donors (Lipinski definition) is 0. The largest absolute Gasteiger partial charge is 0.510 e. The number of imidazole rings is 1. The van der Waals surface area contributed by atoms with Gasteiger partial charge in [-0.1, -0.05) is 105 Å². The molecular formula is C54H40N6OPt-2. The number of aryl methyl sites for hydroxylation is 2. The second-order valence-corrected chi connectivity index (χ2v) is 17.0. The molecule has 0 saturated heterocycles. The summed E-state index contributed by atoms with van der Waals surface area (Å²) in [5.41, 5.74) is 11.8. The molecule has 12 rings (SSSR count). The Hall–Kier alpha value is -6.95. The molecule has 7 nitrogen and oxygen atoms in total. The molecule has 0 aliphatic rings. The van der Waals surface area contributed by atoms with Crippen molar-refractivity contribution in [3.8, 4) is 28.7 Å². The van der Waals surface area contributed by atoms with Gasteiger partial charge in [0.15, 0.2) is 0 Å². The van der Waals surface area contributed by atoms with Gasteiger partial charge in [0.05, 0.1) is 33.3 Å². The van der Waals surface area contributed by atoms with Crippen LogP contribution in [0.2, 0.25) is 0 Å². The molecule has 0 atom stereocenters. The van der Waals surface area contributed by atoms with Crippen LogP contribution >= 0.6 is 0 Å². The monoisotopic (exact) mass is 983 g/mol. The number of rotatable bonds is 5. The first-order chi connectivity index (χ1) is 29.7. The minimum Gasteiger partial charge on any atom is -0.510 e. The van der Waals surface area contributed by atoms with Crippen LogP contribution in [0.15, 0.2) is 152 Å². The zero-order valence-corrected chi connectivity index (χ0v) is 37.1. The quantitative estimate of drug-likeness (QED) is 0.127. The number of benzene rings is 7. The number of hydrogen-bond acceptors (Lipinski definition) is 2. The van der Waals surface area contributed by atoms with Crippen LogP contribution in [0.5, 0.6) is 11.5 Å². The molecule has 5 heterocycles. The summed E-state index contributed by atoms with van der Waals surface area (Å²) >= 11 is 0. The summed E-state index contributed by atoms with van der Waals surface area (Å²) in [6, 6.07) is 58.1. The van der Waals surface area contributed by atoms with Crippen molar-refractivity contribution >= 4 is 76.5 Å². The molecule has 5 aromatic heterocycles. The van der Waals surface area contributed by atoms with E-state index in [0.717, 1.165) is 44.6 Å². The van der Waals surface area contributed by atoms with Gasteiger partial charge in [0.2, 0.25) is 0 Å². The Morgan fingerprint density at radius 2 is 1.21 bits per heavy atom. The van der Waals surface area contributed by atoms with Crippen LogP contribution in [-0.4, -0.2) is 23.3 Å². The van der Waals surface area contributed by atoms with E-state index >= 15 is 0 Å². The maximum Gasteiger partial charge on any atom is 0.268 e. The van der Waals surface area contributed by atoms with Gasteiger partial charge in [-0.15, -0.1) is 29.7 Å². The van der Waals surface area contributed by atoms with Gasteiger partial charge in [-0.3, -0.25) is 4.57 Å². The summed E-state index contributed by atoms with van der Waals surface area (Å²) < 4.78 is 17.9. The van der Waals surface area contributed by atoms with E-state index in [4.69, 9.17) is 9.72 Å². The molecule has 304 valence electrons. The van der Waals surface area contributed by atoms with Crippen LogP contribution in [-0.2, 0) is 40.6 Å². The van der Waals surface area contributed by atoms with Crippen molar-refractivity contribution in [1.82, 2.24) is 23.3 Å². The molecule has 0 bridgehead atoms. The average Bonchev–Trinajstić information content (AvgIpc) is 4.01. The fourth-order valence-electron chi connectivity index (χ4n) is 9.56.